The van der Waals surface area contributed by atoms with Crippen molar-refractivity contribution in [2.24, 2.45) is 11.8 Å². The summed E-state index contributed by atoms with van der Waals surface area (Å²) in [5, 5.41) is 0. The van der Waals surface area contributed by atoms with Crippen LogP contribution in [0.1, 0.15) is 56.6 Å². The fourth-order valence-corrected chi connectivity index (χ4v) is 6.87. The van der Waals surface area contributed by atoms with Gasteiger partial charge in [0.2, 0.25) is 17.6 Å². The fraction of sp³-hybridized carbons (Fsp3) is 0.724. The van der Waals surface area contributed by atoms with E-state index in [4.69, 9.17) is 18.9 Å². The Labute approximate surface area is 227 Å². The molecule has 2 amide bonds. The summed E-state index contributed by atoms with van der Waals surface area (Å²) in [5.74, 6) is 1.44. The summed E-state index contributed by atoms with van der Waals surface area (Å²) < 4.78 is 22.2. The second-order valence-electron chi connectivity index (χ2n) is 10.8. The minimum atomic E-state index is -0.506. The minimum Gasteiger partial charge on any atom is -0.493 e. The molecule has 3 aliphatic rings. The number of hydrogen-bond acceptors (Lipinski definition) is 7. The van der Waals surface area contributed by atoms with Gasteiger partial charge in [0.05, 0.1) is 33.3 Å². The van der Waals surface area contributed by atoms with Gasteiger partial charge in [0, 0.05) is 51.9 Å². The van der Waals surface area contributed by atoms with Crippen LogP contribution in [0.5, 0.6) is 17.2 Å². The summed E-state index contributed by atoms with van der Waals surface area (Å²) in [6.45, 7) is 4.29. The summed E-state index contributed by atoms with van der Waals surface area (Å²) in [5.41, 5.74) is 0.754. The number of carbonyl (C=O) groups is 2. The SMILES string of the molecule is COCCCN(C[C@@H]1CCCN2CCCC[C@H]12)C(=O)[C@H]1CC(=O)N(C)[C@H]1c1ccc(OC)c(OC)c1OC. The van der Waals surface area contributed by atoms with Gasteiger partial charge in [0.25, 0.3) is 0 Å². The Morgan fingerprint density at radius 1 is 1.00 bits per heavy atom. The number of hydrogen-bond donors (Lipinski definition) is 0. The van der Waals surface area contributed by atoms with Gasteiger partial charge < -0.3 is 33.6 Å². The van der Waals surface area contributed by atoms with E-state index < -0.39 is 12.0 Å². The molecule has 0 unspecified atom stereocenters. The second kappa shape index (κ2) is 13.0. The van der Waals surface area contributed by atoms with Crippen molar-refractivity contribution < 1.29 is 28.5 Å². The lowest BCUT2D eigenvalue weighted by Crippen LogP contribution is -2.52. The van der Waals surface area contributed by atoms with E-state index in [2.05, 4.69) is 4.90 Å². The Balaban J connectivity index is 1.64. The number of nitrogens with zero attached hydrogens (tertiary/aromatic N) is 3. The van der Waals surface area contributed by atoms with Crippen LogP contribution in [-0.2, 0) is 14.3 Å². The third-order valence-electron chi connectivity index (χ3n) is 8.73. The number of fused-ring (bicyclic) bond motifs is 1. The molecule has 9 heteroatoms. The van der Waals surface area contributed by atoms with Gasteiger partial charge in [-0.1, -0.05) is 6.42 Å². The molecular weight excluding hydrogens is 486 g/mol. The Hall–Kier alpha value is -2.52. The highest BCUT2D eigenvalue weighted by molar-refractivity contribution is 5.90. The Morgan fingerprint density at radius 2 is 1.76 bits per heavy atom. The Bertz CT molecular complexity index is 970. The first-order chi connectivity index (χ1) is 18.4. The van der Waals surface area contributed by atoms with Crippen LogP contribution in [0.2, 0.25) is 0 Å². The molecule has 0 N–H and O–H groups in total. The number of piperidine rings is 2. The van der Waals surface area contributed by atoms with Crippen LogP contribution in [-0.4, -0.2) is 101 Å². The van der Waals surface area contributed by atoms with Crippen LogP contribution in [0, 0.1) is 11.8 Å². The Kier molecular flexibility index (Phi) is 9.76. The van der Waals surface area contributed by atoms with E-state index in [9.17, 15) is 9.59 Å². The second-order valence-corrected chi connectivity index (χ2v) is 10.8. The number of amides is 2. The lowest BCUT2D eigenvalue weighted by Gasteiger charge is -2.46. The van der Waals surface area contributed by atoms with Gasteiger partial charge >= 0.3 is 0 Å². The summed E-state index contributed by atoms with van der Waals surface area (Å²) >= 11 is 0. The third kappa shape index (κ3) is 5.73. The van der Waals surface area contributed by atoms with Crippen molar-refractivity contribution in [3.63, 3.8) is 0 Å². The van der Waals surface area contributed by atoms with Crippen molar-refractivity contribution in [3.05, 3.63) is 17.7 Å². The number of likely N-dealkylation sites (tertiary alicyclic amines) is 1. The zero-order chi connectivity index (χ0) is 27.2. The molecule has 3 aliphatic heterocycles. The third-order valence-corrected chi connectivity index (χ3v) is 8.73. The maximum atomic E-state index is 14.3. The molecule has 0 aliphatic carbocycles. The van der Waals surface area contributed by atoms with E-state index in [-0.39, 0.29) is 18.2 Å². The summed E-state index contributed by atoms with van der Waals surface area (Å²) in [7, 11) is 8.17. The number of ether oxygens (including phenoxy) is 4. The number of benzene rings is 1. The van der Waals surface area contributed by atoms with Crippen LogP contribution in [0.15, 0.2) is 12.1 Å². The molecule has 38 heavy (non-hydrogen) atoms. The van der Waals surface area contributed by atoms with E-state index >= 15 is 0 Å². The molecule has 0 saturated carbocycles. The highest BCUT2D eigenvalue weighted by Crippen LogP contribution is 2.48. The van der Waals surface area contributed by atoms with Gasteiger partial charge in [-0.25, -0.2) is 0 Å². The normalized spacial score (nSPS) is 25.7. The van der Waals surface area contributed by atoms with E-state index in [1.54, 1.807) is 40.4 Å². The molecule has 3 heterocycles. The largest absolute Gasteiger partial charge is 0.493 e. The number of methoxy groups -OCH3 is 4. The maximum Gasteiger partial charge on any atom is 0.228 e. The fourth-order valence-electron chi connectivity index (χ4n) is 6.87. The zero-order valence-electron chi connectivity index (χ0n) is 23.7. The molecule has 3 fully saturated rings. The van der Waals surface area contributed by atoms with E-state index in [0.717, 1.165) is 24.9 Å². The first-order valence-electron chi connectivity index (χ1n) is 14.0. The molecule has 9 nitrogen and oxygen atoms in total. The molecule has 212 valence electrons. The van der Waals surface area contributed by atoms with Gasteiger partial charge in [-0.05, 0) is 63.2 Å². The lowest BCUT2D eigenvalue weighted by atomic mass is 9.82. The maximum absolute atomic E-state index is 14.3. The van der Waals surface area contributed by atoms with E-state index in [1.807, 2.05) is 17.0 Å². The molecule has 0 spiro atoms. The molecule has 0 aromatic heterocycles. The van der Waals surface area contributed by atoms with Crippen LogP contribution < -0.4 is 14.2 Å². The summed E-state index contributed by atoms with van der Waals surface area (Å²) in [6.07, 6.45) is 7.01. The molecule has 1 aromatic rings. The first kappa shape index (κ1) is 28.5. The van der Waals surface area contributed by atoms with Crippen LogP contribution in [0.25, 0.3) is 0 Å². The van der Waals surface area contributed by atoms with Crippen molar-refractivity contribution >= 4 is 11.8 Å². The monoisotopic (exact) mass is 531 g/mol. The summed E-state index contributed by atoms with van der Waals surface area (Å²) in [4.78, 5) is 33.7. The number of carbonyl (C=O) groups excluding carboxylic acids is 2. The van der Waals surface area contributed by atoms with Crippen molar-refractivity contribution in [1.82, 2.24) is 14.7 Å². The van der Waals surface area contributed by atoms with Crippen molar-refractivity contribution in [2.75, 3.05) is 68.3 Å². The van der Waals surface area contributed by atoms with E-state index in [0.29, 0.717) is 42.4 Å². The quantitative estimate of drug-likeness (QED) is 0.405. The number of rotatable bonds is 11. The van der Waals surface area contributed by atoms with Gasteiger partial charge in [0.15, 0.2) is 11.5 Å². The van der Waals surface area contributed by atoms with Crippen LogP contribution in [0.4, 0.5) is 0 Å². The van der Waals surface area contributed by atoms with Gasteiger partial charge in [0.1, 0.15) is 0 Å². The lowest BCUT2D eigenvalue weighted by molar-refractivity contribution is -0.138. The minimum absolute atomic E-state index is 0.0357. The Morgan fingerprint density at radius 3 is 2.47 bits per heavy atom. The molecule has 0 radical (unpaired) electrons. The van der Waals surface area contributed by atoms with Gasteiger partial charge in [-0.3, -0.25) is 9.59 Å². The molecule has 1 aromatic carbocycles. The average Bonchev–Trinajstić information content (AvgIpc) is 3.24. The van der Waals surface area contributed by atoms with E-state index in [1.165, 1.54) is 38.8 Å². The summed E-state index contributed by atoms with van der Waals surface area (Å²) in [6, 6.07) is 3.79. The first-order valence-corrected chi connectivity index (χ1v) is 14.0. The molecular formula is C29H45N3O6. The molecule has 4 atom stereocenters. The van der Waals surface area contributed by atoms with Crippen molar-refractivity contribution in [1.29, 1.82) is 0 Å². The van der Waals surface area contributed by atoms with Crippen molar-refractivity contribution in [3.8, 4) is 17.2 Å². The highest BCUT2D eigenvalue weighted by Gasteiger charge is 2.46. The van der Waals surface area contributed by atoms with Gasteiger partial charge in [-0.15, -0.1) is 0 Å². The topological polar surface area (TPSA) is 80.8 Å². The zero-order valence-corrected chi connectivity index (χ0v) is 23.7. The molecule has 4 rings (SSSR count). The van der Waals surface area contributed by atoms with Crippen molar-refractivity contribution in [2.45, 2.75) is 57.0 Å². The van der Waals surface area contributed by atoms with Gasteiger partial charge in [-0.2, -0.15) is 0 Å². The highest BCUT2D eigenvalue weighted by atomic mass is 16.5. The predicted molar refractivity (Wildman–Crippen MR) is 145 cm³/mol. The standard InChI is InChI=1S/C29H45N3O6/c1-30-25(33)18-22(26(30)21-12-13-24(36-3)28(38-5)27(21)37-4)29(34)32(16-9-17-35-2)19-20-10-8-15-31-14-7-6-11-23(20)31/h12-13,20,22-23,26H,6-11,14-19H2,1-5H3/t20-,22-,23+,26-/m0/s1. The average molecular weight is 532 g/mol. The van der Waals surface area contributed by atoms with Crippen LogP contribution >= 0.6 is 0 Å². The predicted octanol–water partition coefficient (Wildman–Crippen LogP) is 3.36. The smallest absolute Gasteiger partial charge is 0.228 e. The molecule has 3 saturated heterocycles. The van der Waals surface area contributed by atoms with Crippen LogP contribution in [0.3, 0.4) is 0 Å². The molecule has 0 bridgehead atoms.